The number of ether oxygens (including phenoxy) is 2. The number of fused-ring (bicyclic) bond motifs is 3. The van der Waals surface area contributed by atoms with Gasteiger partial charge in [0.25, 0.3) is 0 Å². The quantitative estimate of drug-likeness (QED) is 0.261. The molecule has 0 radical (unpaired) electrons. The number of hydrogen-bond donors (Lipinski definition) is 0. The summed E-state index contributed by atoms with van der Waals surface area (Å²) in [4.78, 5) is 26.5. The van der Waals surface area contributed by atoms with Gasteiger partial charge >= 0.3 is 0 Å². The molecule has 3 saturated heterocycles. The van der Waals surface area contributed by atoms with Crippen molar-refractivity contribution in [2.24, 2.45) is 10.8 Å². The average molecular weight is 590 g/mol. The van der Waals surface area contributed by atoms with Gasteiger partial charge in [-0.3, -0.25) is 9.69 Å². The first-order chi connectivity index (χ1) is 21.4. The smallest absolute Gasteiger partial charge is 0.212 e. The van der Waals surface area contributed by atoms with E-state index in [0.29, 0.717) is 48.1 Å². The number of methoxy groups -OCH3 is 1. The summed E-state index contributed by atoms with van der Waals surface area (Å²) >= 11 is 0. The van der Waals surface area contributed by atoms with Gasteiger partial charge < -0.3 is 14.4 Å². The van der Waals surface area contributed by atoms with Gasteiger partial charge in [0.05, 0.1) is 37.2 Å². The van der Waals surface area contributed by atoms with Crippen molar-refractivity contribution in [1.82, 2.24) is 24.5 Å². The lowest BCUT2D eigenvalue weighted by atomic mass is 9.34. The molecule has 10 heteroatoms. The van der Waals surface area contributed by atoms with Crippen LogP contribution in [0.25, 0.3) is 16.6 Å². The fourth-order valence-electron chi connectivity index (χ4n) is 8.24. The lowest BCUT2D eigenvalue weighted by molar-refractivity contribution is -0.215. The molecule has 6 fully saturated rings. The number of carbonyl (C=O) groups is 1. The molecule has 10 nitrogen and oxygen atoms in total. The summed E-state index contributed by atoms with van der Waals surface area (Å²) in [6, 6.07) is 13.4. The molecule has 224 valence electrons. The number of nitriles is 1. The summed E-state index contributed by atoms with van der Waals surface area (Å²) in [6.45, 7) is 5.31. The first kappa shape index (κ1) is 27.1. The molecule has 2 atom stereocenters. The second kappa shape index (κ2) is 10.0. The Kier molecular flexibility index (Phi) is 6.17. The van der Waals surface area contributed by atoms with Crippen LogP contribution in [0.15, 0.2) is 55.1 Å². The van der Waals surface area contributed by atoms with Crippen molar-refractivity contribution in [3.8, 4) is 28.8 Å². The number of piperidine rings is 1. The fourth-order valence-corrected chi connectivity index (χ4v) is 8.24. The van der Waals surface area contributed by atoms with Crippen LogP contribution in [0, 0.1) is 22.2 Å². The summed E-state index contributed by atoms with van der Waals surface area (Å²) in [5, 5.41) is 14.2. The predicted molar refractivity (Wildman–Crippen MR) is 163 cm³/mol. The molecule has 3 saturated carbocycles. The minimum Gasteiger partial charge on any atom is -0.491 e. The second-order valence-electron chi connectivity index (χ2n) is 13.2. The van der Waals surface area contributed by atoms with E-state index in [4.69, 9.17) is 14.5 Å². The Balaban J connectivity index is 0.971. The Bertz CT molecular complexity index is 1760. The van der Waals surface area contributed by atoms with E-state index in [0.717, 1.165) is 61.4 Å². The van der Waals surface area contributed by atoms with Crippen molar-refractivity contribution in [2.75, 3.05) is 31.7 Å². The lowest BCUT2D eigenvalue weighted by Crippen LogP contribution is -2.68. The van der Waals surface area contributed by atoms with Gasteiger partial charge in [-0.2, -0.15) is 10.4 Å². The van der Waals surface area contributed by atoms with Gasteiger partial charge in [0, 0.05) is 78.6 Å². The Morgan fingerprint density at radius 1 is 1.09 bits per heavy atom. The highest BCUT2D eigenvalue weighted by Crippen LogP contribution is 2.73. The lowest BCUT2D eigenvalue weighted by Gasteiger charge is -2.69. The number of ketones is 1. The number of anilines is 1. The van der Waals surface area contributed by atoms with Crippen LogP contribution in [0.1, 0.15) is 50.2 Å². The highest BCUT2D eigenvalue weighted by molar-refractivity contribution is 5.88. The number of Topliss-reactive ketones (excluding diaryl/α,β-unsaturated/α-hetero) is 1. The van der Waals surface area contributed by atoms with E-state index in [1.54, 1.807) is 17.8 Å². The maximum atomic E-state index is 12.3. The number of carbonyl (C=O) groups excluding carboxylic acids is 1. The average Bonchev–Trinajstić information content (AvgIpc) is 3.45. The molecule has 0 aromatic carbocycles. The zero-order chi connectivity index (χ0) is 30.1. The van der Waals surface area contributed by atoms with Gasteiger partial charge in [-0.1, -0.05) is 13.0 Å². The highest BCUT2D eigenvalue weighted by Gasteiger charge is 2.70. The molecule has 6 aliphatic rings. The van der Waals surface area contributed by atoms with Crippen molar-refractivity contribution in [3.05, 3.63) is 66.2 Å². The van der Waals surface area contributed by atoms with E-state index in [2.05, 4.69) is 44.2 Å². The van der Waals surface area contributed by atoms with E-state index in [9.17, 15) is 10.1 Å². The molecule has 4 aromatic heterocycles. The van der Waals surface area contributed by atoms with Gasteiger partial charge in [-0.15, -0.1) is 0 Å². The molecular weight excluding hydrogens is 554 g/mol. The first-order valence-electron chi connectivity index (χ1n) is 15.5. The topological polar surface area (TPSA) is 109 Å². The maximum Gasteiger partial charge on any atom is 0.212 e. The number of pyridine rings is 3. The molecule has 4 aromatic rings. The Morgan fingerprint density at radius 2 is 1.91 bits per heavy atom. The van der Waals surface area contributed by atoms with E-state index in [-0.39, 0.29) is 10.8 Å². The van der Waals surface area contributed by atoms with E-state index in [1.807, 2.05) is 37.6 Å². The van der Waals surface area contributed by atoms with Crippen molar-refractivity contribution in [3.63, 3.8) is 0 Å². The van der Waals surface area contributed by atoms with Crippen molar-refractivity contribution in [2.45, 2.75) is 57.7 Å². The number of hydrogen-bond acceptors (Lipinski definition) is 9. The third-order valence-corrected chi connectivity index (χ3v) is 10.4. The summed E-state index contributed by atoms with van der Waals surface area (Å²) < 4.78 is 13.2. The summed E-state index contributed by atoms with van der Waals surface area (Å²) in [7, 11) is 1.64. The first-order valence-corrected chi connectivity index (χ1v) is 15.5. The fraction of sp³-hybridized carbons (Fsp3) is 0.441. The molecule has 10 rings (SSSR count). The second-order valence-corrected chi connectivity index (χ2v) is 13.2. The number of nitrogens with zero attached hydrogens (tertiary/aromatic N) is 7. The van der Waals surface area contributed by atoms with Crippen LogP contribution in [0.5, 0.6) is 11.6 Å². The van der Waals surface area contributed by atoms with E-state index in [1.165, 1.54) is 12.0 Å². The molecule has 0 N–H and O–H groups in total. The number of rotatable bonds is 10. The Morgan fingerprint density at radius 3 is 2.57 bits per heavy atom. The molecule has 0 spiro atoms. The van der Waals surface area contributed by atoms with Crippen molar-refractivity contribution >= 4 is 17.1 Å². The summed E-state index contributed by atoms with van der Waals surface area (Å²) in [5.74, 6) is 2.70. The minimum absolute atomic E-state index is 0.0779. The van der Waals surface area contributed by atoms with Crippen molar-refractivity contribution < 1.29 is 14.3 Å². The largest absolute Gasteiger partial charge is 0.491 e. The van der Waals surface area contributed by atoms with E-state index >= 15 is 0 Å². The van der Waals surface area contributed by atoms with Gasteiger partial charge in [-0.25, -0.2) is 14.5 Å². The van der Waals surface area contributed by atoms with Crippen LogP contribution in [-0.4, -0.2) is 69.2 Å². The molecule has 4 bridgehead atoms. The molecule has 0 amide bonds. The van der Waals surface area contributed by atoms with Crippen LogP contribution in [0.4, 0.5) is 5.82 Å². The molecular formula is C34H35N7O3. The van der Waals surface area contributed by atoms with Crippen LogP contribution >= 0.6 is 0 Å². The van der Waals surface area contributed by atoms with Crippen LogP contribution < -0.4 is 14.4 Å². The monoisotopic (exact) mass is 589 g/mol. The van der Waals surface area contributed by atoms with Gasteiger partial charge in [-0.05, 0) is 49.4 Å². The van der Waals surface area contributed by atoms with Crippen LogP contribution in [0.3, 0.4) is 0 Å². The minimum atomic E-state index is -0.0779. The van der Waals surface area contributed by atoms with E-state index < -0.39 is 0 Å². The third kappa shape index (κ3) is 4.25. The van der Waals surface area contributed by atoms with Gasteiger partial charge in [0.2, 0.25) is 5.88 Å². The molecule has 7 heterocycles. The third-order valence-electron chi connectivity index (χ3n) is 10.4. The normalized spacial score (nSPS) is 26.7. The zero-order valence-corrected chi connectivity index (χ0v) is 25.1. The Labute approximate surface area is 256 Å². The number of aromatic nitrogens is 4. The predicted octanol–water partition coefficient (Wildman–Crippen LogP) is 4.66. The Hall–Kier alpha value is -4.49. The maximum absolute atomic E-state index is 12.3. The van der Waals surface area contributed by atoms with Gasteiger partial charge in [0.1, 0.15) is 23.4 Å². The van der Waals surface area contributed by atoms with Crippen LogP contribution in [-0.2, 0) is 11.3 Å². The zero-order valence-electron chi connectivity index (χ0n) is 25.1. The SMILES string of the molecule is CCC(=O)C12CC(COc3cc(-c4ccc(N5CC6CC(C5)N6Cc5ccc(OC)nc5)nc4)c4c(C#N)cnn4c3)(C1)C2. The standard InChI is InChI=1S/C34H35N7O3/c1-3-29(42)34-18-33(19-34,20-34)21-44-27-9-28(32-24(10-35)13-38-41(32)17-27)23-5-6-30(36-12-23)39-15-25-8-26(16-39)40(25)14-22-4-7-31(43-2)37-11-22/h4-7,9,11-13,17,25-26H,3,8,14-16,18-21H2,1-2H3. The molecule has 3 aliphatic carbocycles. The number of piperazine rings is 1. The molecule has 44 heavy (non-hydrogen) atoms. The van der Waals surface area contributed by atoms with Gasteiger partial charge in [0.15, 0.2) is 0 Å². The summed E-state index contributed by atoms with van der Waals surface area (Å²) in [6.07, 6.45) is 11.9. The van der Waals surface area contributed by atoms with Crippen molar-refractivity contribution in [1.29, 1.82) is 5.26 Å². The summed E-state index contributed by atoms with van der Waals surface area (Å²) in [5.41, 5.74) is 4.27. The highest BCUT2D eigenvalue weighted by atomic mass is 16.5. The molecule has 3 aliphatic heterocycles. The molecule has 2 unspecified atom stereocenters. The van der Waals surface area contributed by atoms with Crippen LogP contribution in [0.2, 0.25) is 0 Å².